The fourth-order valence-corrected chi connectivity index (χ4v) is 2.52. The minimum Gasteiger partial charge on any atom is -0.497 e. The van der Waals surface area contributed by atoms with Gasteiger partial charge in [0.1, 0.15) is 11.5 Å². The summed E-state index contributed by atoms with van der Waals surface area (Å²) in [5, 5.41) is 6.91. The van der Waals surface area contributed by atoms with Gasteiger partial charge in [0.2, 0.25) is 5.91 Å². The number of methoxy groups -OCH3 is 2. The van der Waals surface area contributed by atoms with Crippen LogP contribution in [0.25, 0.3) is 0 Å². The van der Waals surface area contributed by atoms with Crippen LogP contribution in [0.4, 0.5) is 0 Å². The van der Waals surface area contributed by atoms with Crippen LogP contribution in [0, 0.1) is 0 Å². The van der Waals surface area contributed by atoms with Gasteiger partial charge in [0.15, 0.2) is 0 Å². The second-order valence-electron chi connectivity index (χ2n) is 4.26. The van der Waals surface area contributed by atoms with Gasteiger partial charge < -0.3 is 14.8 Å². The number of ether oxygens (including phenoxy) is 2. The van der Waals surface area contributed by atoms with Gasteiger partial charge in [-0.15, -0.1) is 0 Å². The van der Waals surface area contributed by atoms with Crippen molar-refractivity contribution < 1.29 is 14.3 Å². The normalized spacial score (nSPS) is 10.1. The molecule has 0 fully saturated rings. The number of carbonyl (C=O) groups excluding carboxylic acids is 1. The lowest BCUT2D eigenvalue weighted by molar-refractivity contribution is -0.120. The van der Waals surface area contributed by atoms with Crippen molar-refractivity contribution in [2.24, 2.45) is 0 Å². The molecule has 0 aliphatic rings. The van der Waals surface area contributed by atoms with Crippen LogP contribution < -0.4 is 14.8 Å². The van der Waals surface area contributed by atoms with Crippen LogP contribution >= 0.6 is 11.3 Å². The summed E-state index contributed by atoms with van der Waals surface area (Å²) in [5.41, 5.74) is 1.93. The van der Waals surface area contributed by atoms with Crippen LogP contribution in [0.1, 0.15) is 11.1 Å². The van der Waals surface area contributed by atoms with Gasteiger partial charge >= 0.3 is 0 Å². The van der Waals surface area contributed by atoms with E-state index in [-0.39, 0.29) is 12.3 Å². The van der Waals surface area contributed by atoms with E-state index in [1.54, 1.807) is 31.6 Å². The molecule has 0 atom stereocenters. The summed E-state index contributed by atoms with van der Waals surface area (Å²) in [6.45, 7) is 0.550. The van der Waals surface area contributed by atoms with Gasteiger partial charge in [-0.2, -0.15) is 11.3 Å². The van der Waals surface area contributed by atoms with Crippen molar-refractivity contribution in [3.63, 3.8) is 0 Å². The summed E-state index contributed by atoms with van der Waals surface area (Å²) in [4.78, 5) is 12.0. The number of carbonyl (C=O) groups is 1. The molecule has 0 spiro atoms. The molecule has 1 aromatic heterocycles. The smallest absolute Gasteiger partial charge is 0.224 e. The van der Waals surface area contributed by atoms with E-state index in [1.165, 1.54) is 0 Å². The predicted molar refractivity (Wildman–Crippen MR) is 79.4 cm³/mol. The zero-order chi connectivity index (χ0) is 14.4. The minimum atomic E-state index is -0.0391. The molecule has 2 aromatic rings. The molecule has 1 aromatic carbocycles. The largest absolute Gasteiger partial charge is 0.497 e. The summed E-state index contributed by atoms with van der Waals surface area (Å²) in [7, 11) is 3.19. The number of rotatable bonds is 6. The van der Waals surface area contributed by atoms with E-state index in [2.05, 4.69) is 5.32 Å². The number of hydrogen-bond acceptors (Lipinski definition) is 4. The Balaban J connectivity index is 1.99. The topological polar surface area (TPSA) is 47.6 Å². The van der Waals surface area contributed by atoms with Crippen molar-refractivity contribution in [3.05, 3.63) is 46.2 Å². The van der Waals surface area contributed by atoms with Crippen molar-refractivity contribution in [3.8, 4) is 11.5 Å². The SMILES string of the molecule is COc1ccc(OC)c(CC(=O)NCc2ccsc2)c1. The highest BCUT2D eigenvalue weighted by molar-refractivity contribution is 7.07. The lowest BCUT2D eigenvalue weighted by Gasteiger charge is -2.10. The third-order valence-corrected chi connectivity index (χ3v) is 3.64. The van der Waals surface area contributed by atoms with Crippen LogP contribution in [-0.4, -0.2) is 20.1 Å². The van der Waals surface area contributed by atoms with E-state index in [0.717, 1.165) is 11.1 Å². The summed E-state index contributed by atoms with van der Waals surface area (Å²) in [6.07, 6.45) is 0.268. The quantitative estimate of drug-likeness (QED) is 0.890. The predicted octanol–water partition coefficient (Wildman–Crippen LogP) is 2.62. The van der Waals surface area contributed by atoms with Gasteiger partial charge in [-0.05, 0) is 40.6 Å². The van der Waals surface area contributed by atoms with Crippen LogP contribution in [0.15, 0.2) is 35.0 Å². The first-order valence-electron chi connectivity index (χ1n) is 6.21. The van der Waals surface area contributed by atoms with Gasteiger partial charge in [-0.3, -0.25) is 4.79 Å². The Morgan fingerprint density at radius 3 is 2.75 bits per heavy atom. The molecule has 1 amide bonds. The Kier molecular flexibility index (Phi) is 5.01. The molecule has 0 radical (unpaired) electrons. The Morgan fingerprint density at radius 1 is 1.25 bits per heavy atom. The Hall–Kier alpha value is -2.01. The molecule has 2 rings (SSSR count). The second-order valence-corrected chi connectivity index (χ2v) is 5.04. The Bertz CT molecular complexity index is 567. The van der Waals surface area contributed by atoms with Crippen molar-refractivity contribution in [2.45, 2.75) is 13.0 Å². The maximum Gasteiger partial charge on any atom is 0.224 e. The molecule has 1 heterocycles. The molecule has 20 heavy (non-hydrogen) atoms. The zero-order valence-corrected chi connectivity index (χ0v) is 12.3. The molecule has 0 bridgehead atoms. The number of thiophene rings is 1. The van der Waals surface area contributed by atoms with Gasteiger partial charge in [0.25, 0.3) is 0 Å². The molecule has 0 saturated heterocycles. The van der Waals surface area contributed by atoms with E-state index < -0.39 is 0 Å². The second kappa shape index (κ2) is 6.96. The molecule has 0 unspecified atom stereocenters. The van der Waals surface area contributed by atoms with Gasteiger partial charge in [0.05, 0.1) is 20.6 Å². The number of benzene rings is 1. The van der Waals surface area contributed by atoms with E-state index in [1.807, 2.05) is 29.0 Å². The van der Waals surface area contributed by atoms with Gasteiger partial charge in [-0.1, -0.05) is 0 Å². The lowest BCUT2D eigenvalue weighted by Crippen LogP contribution is -2.24. The monoisotopic (exact) mass is 291 g/mol. The standard InChI is InChI=1S/C15H17NO3S/c1-18-13-3-4-14(19-2)12(7-13)8-15(17)16-9-11-5-6-20-10-11/h3-7,10H,8-9H2,1-2H3,(H,16,17). The Labute approximate surface area is 122 Å². The molecule has 0 saturated carbocycles. The highest BCUT2D eigenvalue weighted by Crippen LogP contribution is 2.24. The Morgan fingerprint density at radius 2 is 2.10 bits per heavy atom. The van der Waals surface area contributed by atoms with E-state index in [9.17, 15) is 4.79 Å². The third kappa shape index (κ3) is 3.74. The average molecular weight is 291 g/mol. The first-order chi connectivity index (χ1) is 9.72. The van der Waals surface area contributed by atoms with Gasteiger partial charge in [0, 0.05) is 12.1 Å². The van der Waals surface area contributed by atoms with Crippen molar-refractivity contribution in [1.82, 2.24) is 5.32 Å². The van der Waals surface area contributed by atoms with E-state index in [0.29, 0.717) is 18.0 Å². The first kappa shape index (κ1) is 14.4. The maximum atomic E-state index is 12.0. The summed E-state index contributed by atoms with van der Waals surface area (Å²) >= 11 is 1.62. The summed E-state index contributed by atoms with van der Waals surface area (Å²) in [6, 6.07) is 7.44. The average Bonchev–Trinajstić information content (AvgIpc) is 2.98. The van der Waals surface area contributed by atoms with Crippen LogP contribution in [0.3, 0.4) is 0 Å². The first-order valence-corrected chi connectivity index (χ1v) is 7.16. The molecular formula is C15H17NO3S. The third-order valence-electron chi connectivity index (χ3n) is 2.91. The molecule has 0 aliphatic carbocycles. The van der Waals surface area contributed by atoms with E-state index in [4.69, 9.17) is 9.47 Å². The number of hydrogen-bond donors (Lipinski definition) is 1. The fraction of sp³-hybridized carbons (Fsp3) is 0.267. The van der Waals surface area contributed by atoms with Crippen molar-refractivity contribution in [2.75, 3.05) is 14.2 Å². The molecule has 106 valence electrons. The zero-order valence-electron chi connectivity index (χ0n) is 11.5. The molecule has 5 heteroatoms. The lowest BCUT2D eigenvalue weighted by atomic mass is 10.1. The van der Waals surface area contributed by atoms with Crippen LogP contribution in [0.5, 0.6) is 11.5 Å². The minimum absolute atomic E-state index is 0.0391. The van der Waals surface area contributed by atoms with Crippen molar-refractivity contribution in [1.29, 1.82) is 0 Å². The number of nitrogens with one attached hydrogen (secondary N) is 1. The van der Waals surface area contributed by atoms with Crippen LogP contribution in [0.2, 0.25) is 0 Å². The molecule has 1 N–H and O–H groups in total. The highest BCUT2D eigenvalue weighted by atomic mass is 32.1. The summed E-state index contributed by atoms with van der Waals surface area (Å²) < 4.78 is 10.4. The maximum absolute atomic E-state index is 12.0. The van der Waals surface area contributed by atoms with E-state index >= 15 is 0 Å². The van der Waals surface area contributed by atoms with Crippen molar-refractivity contribution >= 4 is 17.2 Å². The van der Waals surface area contributed by atoms with Gasteiger partial charge in [-0.25, -0.2) is 0 Å². The fourth-order valence-electron chi connectivity index (χ4n) is 1.85. The molecular weight excluding hydrogens is 274 g/mol. The number of amides is 1. The molecule has 4 nitrogen and oxygen atoms in total. The summed E-state index contributed by atoms with van der Waals surface area (Å²) in [5.74, 6) is 1.37. The molecule has 0 aliphatic heterocycles. The van der Waals surface area contributed by atoms with Crippen LogP contribution in [-0.2, 0) is 17.8 Å². The highest BCUT2D eigenvalue weighted by Gasteiger charge is 2.10.